The van der Waals surface area contributed by atoms with Crippen LogP contribution in [0.15, 0.2) is 77.3 Å². The number of halogens is 2. The molecule has 0 spiro atoms. The fourth-order valence-corrected chi connectivity index (χ4v) is 4.58. The highest BCUT2D eigenvalue weighted by Gasteiger charge is 2.28. The van der Waals surface area contributed by atoms with E-state index in [9.17, 15) is 9.18 Å². The summed E-state index contributed by atoms with van der Waals surface area (Å²) >= 11 is 6.07. The zero-order valence-corrected chi connectivity index (χ0v) is 21.2. The fourth-order valence-electron chi connectivity index (χ4n) is 4.45. The number of rotatable bonds is 7. The quantitative estimate of drug-likeness (QED) is 0.294. The van der Waals surface area contributed by atoms with E-state index in [4.69, 9.17) is 20.9 Å². The molecule has 1 aliphatic rings. The van der Waals surface area contributed by atoms with Crippen LogP contribution in [-0.2, 0) is 17.8 Å². The van der Waals surface area contributed by atoms with Crippen molar-refractivity contribution in [2.45, 2.75) is 20.0 Å². The second kappa shape index (κ2) is 11.2. The number of carbonyl (C=O) groups excluding carboxylic acids is 1. The van der Waals surface area contributed by atoms with E-state index in [1.54, 1.807) is 41.3 Å². The molecule has 37 heavy (non-hydrogen) atoms. The molecule has 5 rings (SSSR count). The van der Waals surface area contributed by atoms with Gasteiger partial charge in [0.15, 0.2) is 0 Å². The number of aryl methyl sites for hydroxylation is 1. The first-order valence-electron chi connectivity index (χ1n) is 12.2. The Balaban J connectivity index is 1.56. The third-order valence-electron chi connectivity index (χ3n) is 6.37. The smallest absolute Gasteiger partial charge is 0.254 e. The van der Waals surface area contributed by atoms with Crippen LogP contribution >= 0.6 is 11.6 Å². The molecule has 1 saturated heterocycles. The van der Waals surface area contributed by atoms with Gasteiger partial charge in [0, 0.05) is 35.8 Å². The maximum absolute atomic E-state index is 13.8. The predicted octanol–water partition coefficient (Wildman–Crippen LogP) is 6.12. The minimum atomic E-state index is -0.324. The lowest BCUT2D eigenvalue weighted by Gasteiger charge is -2.28. The van der Waals surface area contributed by atoms with E-state index in [2.05, 4.69) is 16.1 Å². The van der Waals surface area contributed by atoms with Crippen molar-refractivity contribution in [2.75, 3.05) is 31.2 Å². The number of carbonyl (C=O) groups is 1. The van der Waals surface area contributed by atoms with Crippen molar-refractivity contribution in [1.29, 1.82) is 0 Å². The molecule has 1 aromatic heterocycles. The number of benzene rings is 3. The van der Waals surface area contributed by atoms with Gasteiger partial charge in [-0.3, -0.25) is 4.79 Å². The first kappa shape index (κ1) is 25.0. The summed E-state index contributed by atoms with van der Waals surface area (Å²) in [7, 11) is 0. The highest BCUT2D eigenvalue weighted by atomic mass is 35.5. The summed E-state index contributed by atoms with van der Waals surface area (Å²) in [6.45, 7) is 5.06. The first-order chi connectivity index (χ1) is 18.0. The molecule has 0 radical (unpaired) electrons. The molecule has 8 heteroatoms. The molecular formula is C29H27ClFN3O3. The lowest BCUT2D eigenvalue weighted by atomic mass is 10.0. The zero-order chi connectivity index (χ0) is 25.8. The van der Waals surface area contributed by atoms with Crippen LogP contribution in [0.3, 0.4) is 0 Å². The molecule has 1 amide bonds. The van der Waals surface area contributed by atoms with Gasteiger partial charge in [0.25, 0.3) is 5.91 Å². The largest absolute Gasteiger partial charge is 0.378 e. The van der Waals surface area contributed by atoms with Crippen molar-refractivity contribution in [1.82, 2.24) is 10.1 Å². The summed E-state index contributed by atoms with van der Waals surface area (Å²) in [6, 6.07) is 21.0. The normalized spacial score (nSPS) is 13.5. The molecule has 1 fully saturated rings. The Morgan fingerprint density at radius 1 is 1.03 bits per heavy atom. The van der Waals surface area contributed by atoms with Gasteiger partial charge in [0.1, 0.15) is 11.5 Å². The Hall–Kier alpha value is -3.68. The van der Waals surface area contributed by atoms with Crippen molar-refractivity contribution < 1.29 is 18.4 Å². The van der Waals surface area contributed by atoms with E-state index in [-0.39, 0.29) is 24.8 Å². The lowest BCUT2D eigenvalue weighted by molar-refractivity contribution is 0.0729. The van der Waals surface area contributed by atoms with Gasteiger partial charge in [-0.25, -0.2) is 4.39 Å². The number of nitrogens with zero attached hydrogens (tertiary/aromatic N) is 3. The SMILES string of the molecule is Cc1cccc(-c2noc(N3CCOCC3)c2CN(Cc2ccc(F)cc2)C(=O)c2ccc(Cl)cc2)c1. The summed E-state index contributed by atoms with van der Waals surface area (Å²) in [5, 5.41) is 5.01. The maximum Gasteiger partial charge on any atom is 0.254 e. The molecule has 0 N–H and O–H groups in total. The number of ether oxygens (including phenoxy) is 1. The Morgan fingerprint density at radius 3 is 2.46 bits per heavy atom. The van der Waals surface area contributed by atoms with E-state index in [0.717, 1.165) is 22.3 Å². The third kappa shape index (κ3) is 5.84. The van der Waals surface area contributed by atoms with Crippen LogP contribution in [0.2, 0.25) is 5.02 Å². The summed E-state index contributed by atoms with van der Waals surface area (Å²) in [4.78, 5) is 17.6. The number of hydrogen-bond donors (Lipinski definition) is 0. The molecule has 0 saturated carbocycles. The van der Waals surface area contributed by atoms with Crippen LogP contribution in [0.25, 0.3) is 11.3 Å². The van der Waals surface area contributed by atoms with Gasteiger partial charge in [0.2, 0.25) is 5.88 Å². The van der Waals surface area contributed by atoms with Gasteiger partial charge in [-0.2, -0.15) is 0 Å². The number of hydrogen-bond acceptors (Lipinski definition) is 5. The predicted molar refractivity (Wildman–Crippen MR) is 141 cm³/mol. The fraction of sp³-hybridized carbons (Fsp3) is 0.241. The number of anilines is 1. The number of amides is 1. The van der Waals surface area contributed by atoms with Crippen LogP contribution in [0, 0.1) is 12.7 Å². The van der Waals surface area contributed by atoms with E-state index in [1.165, 1.54) is 12.1 Å². The molecule has 4 aromatic rings. The second-order valence-electron chi connectivity index (χ2n) is 9.08. The molecular weight excluding hydrogens is 493 g/mol. The van der Waals surface area contributed by atoms with Gasteiger partial charge >= 0.3 is 0 Å². The van der Waals surface area contributed by atoms with Gasteiger partial charge in [-0.05, 0) is 55.0 Å². The van der Waals surface area contributed by atoms with Crippen molar-refractivity contribution >= 4 is 23.4 Å². The molecule has 2 heterocycles. The molecule has 0 bridgehead atoms. The third-order valence-corrected chi connectivity index (χ3v) is 6.62. The monoisotopic (exact) mass is 519 g/mol. The highest BCUT2D eigenvalue weighted by Crippen LogP contribution is 2.34. The van der Waals surface area contributed by atoms with Crippen molar-refractivity contribution in [3.8, 4) is 11.3 Å². The average Bonchev–Trinajstić information content (AvgIpc) is 3.33. The summed E-state index contributed by atoms with van der Waals surface area (Å²) in [5.74, 6) is 0.132. The minimum Gasteiger partial charge on any atom is -0.378 e. The number of morpholine rings is 1. The maximum atomic E-state index is 13.8. The standard InChI is InChI=1S/C29H27ClFN3O3/c1-20-3-2-4-23(17-20)27-26(29(37-32-27)33-13-15-36-16-14-33)19-34(18-21-5-11-25(31)12-6-21)28(35)22-7-9-24(30)10-8-22/h2-12,17H,13-16,18-19H2,1H3. The Kier molecular flexibility index (Phi) is 7.53. The molecule has 0 unspecified atom stereocenters. The number of aromatic nitrogens is 1. The highest BCUT2D eigenvalue weighted by molar-refractivity contribution is 6.30. The van der Waals surface area contributed by atoms with Gasteiger partial charge in [0.05, 0.1) is 25.3 Å². The molecule has 0 aliphatic carbocycles. The van der Waals surface area contributed by atoms with E-state index >= 15 is 0 Å². The van der Waals surface area contributed by atoms with Crippen LogP contribution in [0.4, 0.5) is 10.3 Å². The Labute approximate surface area is 220 Å². The zero-order valence-electron chi connectivity index (χ0n) is 20.5. The summed E-state index contributed by atoms with van der Waals surface area (Å²) in [5.41, 5.74) is 4.84. The van der Waals surface area contributed by atoms with Crippen molar-refractivity contribution in [2.24, 2.45) is 0 Å². The summed E-state index contributed by atoms with van der Waals surface area (Å²) in [6.07, 6.45) is 0. The Bertz CT molecular complexity index is 1370. The van der Waals surface area contributed by atoms with Crippen molar-refractivity contribution in [3.63, 3.8) is 0 Å². The van der Waals surface area contributed by atoms with Gasteiger partial charge in [-0.15, -0.1) is 0 Å². The molecule has 1 aliphatic heterocycles. The molecule has 6 nitrogen and oxygen atoms in total. The molecule has 0 atom stereocenters. The molecule has 3 aromatic carbocycles. The summed E-state index contributed by atoms with van der Waals surface area (Å²) < 4.78 is 25.0. The molecule has 190 valence electrons. The first-order valence-corrected chi connectivity index (χ1v) is 12.5. The van der Waals surface area contributed by atoms with Gasteiger partial charge in [-0.1, -0.05) is 52.7 Å². The van der Waals surface area contributed by atoms with Crippen LogP contribution < -0.4 is 4.90 Å². The lowest BCUT2D eigenvalue weighted by Crippen LogP contribution is -2.37. The minimum absolute atomic E-state index is 0.176. The van der Waals surface area contributed by atoms with Gasteiger partial charge < -0.3 is 19.1 Å². The van der Waals surface area contributed by atoms with E-state index in [0.29, 0.717) is 48.5 Å². The van der Waals surface area contributed by atoms with E-state index in [1.807, 2.05) is 25.1 Å². The van der Waals surface area contributed by atoms with Crippen LogP contribution in [0.1, 0.15) is 27.0 Å². The van der Waals surface area contributed by atoms with Crippen LogP contribution in [0.5, 0.6) is 0 Å². The van der Waals surface area contributed by atoms with Crippen molar-refractivity contribution in [3.05, 3.63) is 106 Å². The Morgan fingerprint density at radius 2 is 1.76 bits per heavy atom. The average molecular weight is 520 g/mol. The second-order valence-corrected chi connectivity index (χ2v) is 9.51. The topological polar surface area (TPSA) is 58.8 Å². The van der Waals surface area contributed by atoms with E-state index < -0.39 is 0 Å². The van der Waals surface area contributed by atoms with Crippen LogP contribution in [-0.4, -0.2) is 42.3 Å².